The molecule has 13 N–H and O–H groups in total. The third-order valence-electron chi connectivity index (χ3n) is 18.5. The minimum absolute atomic E-state index is 0.0354. The lowest BCUT2D eigenvalue weighted by Gasteiger charge is -2.35. The third kappa shape index (κ3) is 29.5. The maximum absolute atomic E-state index is 15.3. The molecule has 114 heavy (non-hydrogen) atoms. The number of hydrogen-bond donors (Lipinski definition) is 13. The van der Waals surface area contributed by atoms with Crippen LogP contribution < -0.4 is 47.9 Å². The summed E-state index contributed by atoms with van der Waals surface area (Å²) < 4.78 is 28.3. The SMILES string of the molecule is C[C@@H](O)[C@@H]1NC(=O)[C@H](CCCCNC(=O)OC(C)(C)C)NC(=O)[C@@H](Cc2c[nH]c3ccccc23)NC(=O)[C@H](Cc2ccccc2)NC(=O)[C@@H](NC(=O)[C@@H](Cc2ccccc2)NC(=O)CCOCCOCCOCCOCCSC(c2ccccc2)(c2ccccc2)c2ccccc2)CSSC[C@@H](C(=O)N[C@H](CO)[C@@H](C)O)NC1=O. The van der Waals surface area contributed by atoms with Crippen LogP contribution in [0, 0.1) is 0 Å². The van der Waals surface area contributed by atoms with Crippen molar-refractivity contribution in [1.29, 1.82) is 0 Å². The number of para-hydroxylation sites is 1. The highest BCUT2D eigenvalue weighted by Gasteiger charge is 2.39. The molecule has 614 valence electrons. The Morgan fingerprint density at radius 1 is 0.561 bits per heavy atom. The van der Waals surface area contributed by atoms with E-state index >= 15 is 14.4 Å². The monoisotopic (exact) mass is 1620 g/mol. The number of carbonyl (C=O) groups excluding carboxylic acids is 9. The van der Waals surface area contributed by atoms with Crippen LogP contribution in [0.2, 0.25) is 0 Å². The second-order valence-electron chi connectivity index (χ2n) is 28.5. The molecule has 6 aromatic carbocycles. The largest absolute Gasteiger partial charge is 0.444 e. The molecule has 30 heteroatoms. The molecular formula is C84H108N10O17S3. The number of fused-ring (bicyclic) bond motifs is 1. The van der Waals surface area contributed by atoms with Gasteiger partial charge < -0.3 is 91.8 Å². The Morgan fingerprint density at radius 3 is 1.64 bits per heavy atom. The number of nitrogens with one attached hydrogen (secondary N) is 10. The smallest absolute Gasteiger partial charge is 0.407 e. The molecule has 10 atom stereocenters. The molecule has 0 saturated carbocycles. The summed E-state index contributed by atoms with van der Waals surface area (Å²) in [6.07, 6.45) is -2.08. The number of carbonyl (C=O) groups is 9. The standard InChI is InChI=1S/C84H108N10O17S3/c1-56(96)70(53-95)91-80(104)72-55-114-113-54-71(92-76(100)67(49-58-25-11-6-12-26-58)87-73(98)38-40-107-41-42-108-43-44-109-45-46-110-47-48-112-84(61-29-15-8-16-30-61,62-31-17-9-18-32-62)63-33-19-10-20-34-63)79(103)89-68(50-59-27-13-7-14-28-59)77(101)90-69(51-60-52-86-65-36-22-21-35-64(60)65)78(102)88-66(75(99)94-74(57(2)97)81(105)93-72)37-23-24-39-85-82(106)111-83(3,4)5/h6-22,25-36,52,56-57,66-72,74,86,95-97H,23-24,37-51,53-55H2,1-5H3,(H,85,106)(H,87,98)(H,88,102)(H,89,103)(H,90,101)(H,91,104)(H,92,100)(H,93,105)(H,94,99)/t56-,57-,66+,67-,68+,69-,70-,71+,72+,74+/m1/s1. The maximum Gasteiger partial charge on any atom is 0.407 e. The summed E-state index contributed by atoms with van der Waals surface area (Å²) in [7, 11) is 1.94. The van der Waals surface area contributed by atoms with E-state index in [1.807, 2.05) is 48.2 Å². The fourth-order valence-corrected chi connectivity index (χ4v) is 16.3. The van der Waals surface area contributed by atoms with Gasteiger partial charge in [-0.2, -0.15) is 0 Å². The number of ether oxygens (including phenoxy) is 5. The van der Waals surface area contributed by atoms with Crippen LogP contribution in [0.4, 0.5) is 4.79 Å². The van der Waals surface area contributed by atoms with Gasteiger partial charge in [0.05, 0.1) is 82.5 Å². The summed E-state index contributed by atoms with van der Waals surface area (Å²) in [5.41, 5.74) is 5.29. The minimum Gasteiger partial charge on any atom is -0.444 e. The number of aromatic nitrogens is 1. The van der Waals surface area contributed by atoms with Crippen molar-refractivity contribution in [3.8, 4) is 0 Å². The Labute approximate surface area is 678 Å². The Hall–Kier alpha value is -9.34. The van der Waals surface area contributed by atoms with Crippen molar-refractivity contribution in [3.63, 3.8) is 0 Å². The molecule has 1 saturated heterocycles. The number of alkyl carbamates (subject to hydrolysis) is 1. The van der Waals surface area contributed by atoms with Crippen molar-refractivity contribution in [2.45, 2.75) is 150 Å². The molecule has 7 aromatic rings. The maximum atomic E-state index is 15.3. The summed E-state index contributed by atoms with van der Waals surface area (Å²) in [6.45, 7) is 9.27. The summed E-state index contributed by atoms with van der Waals surface area (Å²) in [4.78, 5) is 134. The molecule has 8 rings (SSSR count). The summed E-state index contributed by atoms with van der Waals surface area (Å²) in [6, 6.07) is 44.6. The number of rotatable bonds is 38. The van der Waals surface area contributed by atoms with Crippen molar-refractivity contribution >= 4 is 97.6 Å². The van der Waals surface area contributed by atoms with Gasteiger partial charge in [0.25, 0.3) is 0 Å². The zero-order valence-electron chi connectivity index (χ0n) is 65.0. The highest BCUT2D eigenvalue weighted by Crippen LogP contribution is 2.48. The highest BCUT2D eigenvalue weighted by molar-refractivity contribution is 8.76. The number of H-pyrrole nitrogens is 1. The zero-order chi connectivity index (χ0) is 81.7. The van der Waals surface area contributed by atoms with Crippen molar-refractivity contribution in [2.75, 3.05) is 83.3 Å². The van der Waals surface area contributed by atoms with Gasteiger partial charge in [0.2, 0.25) is 47.3 Å². The lowest BCUT2D eigenvalue weighted by atomic mass is 9.84. The van der Waals surface area contributed by atoms with Gasteiger partial charge in [0.15, 0.2) is 0 Å². The molecule has 0 radical (unpaired) electrons. The van der Waals surface area contributed by atoms with Crippen LogP contribution in [-0.2, 0) is 86.1 Å². The van der Waals surface area contributed by atoms with E-state index in [4.69, 9.17) is 23.7 Å². The van der Waals surface area contributed by atoms with Crippen LogP contribution >= 0.6 is 33.3 Å². The number of benzene rings is 6. The number of aliphatic hydroxyl groups is 3. The lowest BCUT2D eigenvalue weighted by molar-refractivity contribution is -0.136. The van der Waals surface area contributed by atoms with Crippen molar-refractivity contribution in [1.82, 2.24) is 52.8 Å². The second-order valence-corrected chi connectivity index (χ2v) is 32.3. The Kier molecular flexibility index (Phi) is 37.6. The lowest BCUT2D eigenvalue weighted by Crippen LogP contribution is -2.62. The minimum atomic E-state index is -1.78. The van der Waals surface area contributed by atoms with Crippen LogP contribution in [0.25, 0.3) is 10.9 Å². The molecule has 1 aromatic heterocycles. The first-order chi connectivity index (χ1) is 55.0. The van der Waals surface area contributed by atoms with Gasteiger partial charge in [0.1, 0.15) is 47.9 Å². The van der Waals surface area contributed by atoms with Gasteiger partial charge >= 0.3 is 6.09 Å². The molecule has 0 spiro atoms. The van der Waals surface area contributed by atoms with Gasteiger partial charge in [-0.1, -0.05) is 191 Å². The first-order valence-electron chi connectivity index (χ1n) is 38.4. The average Bonchev–Trinajstić information content (AvgIpc) is 0.780. The number of hydrogen-bond acceptors (Lipinski definition) is 20. The molecule has 0 unspecified atom stereocenters. The van der Waals surface area contributed by atoms with E-state index < -0.39 is 131 Å². The Bertz CT molecular complexity index is 4040. The van der Waals surface area contributed by atoms with Gasteiger partial charge in [-0.05, 0) is 93.3 Å². The summed E-state index contributed by atoms with van der Waals surface area (Å²) in [5, 5.41) is 57.0. The fourth-order valence-electron chi connectivity index (χ4n) is 12.5. The van der Waals surface area contributed by atoms with Crippen LogP contribution in [0.15, 0.2) is 182 Å². The molecule has 1 fully saturated rings. The number of aromatic amines is 1. The molecule has 0 bridgehead atoms. The quantitative estimate of drug-likeness (QED) is 0.0118. The van der Waals surface area contributed by atoms with E-state index in [9.17, 15) is 44.1 Å². The number of thioether (sulfide) groups is 1. The van der Waals surface area contributed by atoms with Crippen LogP contribution in [0.1, 0.15) is 93.7 Å². The normalized spacial score (nSPS) is 18.8. The summed E-state index contributed by atoms with van der Waals surface area (Å²) in [5.74, 6) is -6.69. The van der Waals surface area contributed by atoms with Crippen molar-refractivity contribution < 1.29 is 82.2 Å². The van der Waals surface area contributed by atoms with Gasteiger partial charge in [-0.25, -0.2) is 4.79 Å². The van der Waals surface area contributed by atoms with E-state index in [0.717, 1.165) is 27.3 Å². The van der Waals surface area contributed by atoms with E-state index in [1.54, 1.807) is 93.7 Å². The molecule has 9 amide bonds. The molecule has 1 aliphatic heterocycles. The number of unbranched alkanes of at least 4 members (excludes halogenated alkanes) is 1. The zero-order valence-corrected chi connectivity index (χ0v) is 67.5. The molecular weight excluding hydrogens is 1520 g/mol. The van der Waals surface area contributed by atoms with Crippen LogP contribution in [-0.4, -0.2) is 223 Å². The van der Waals surface area contributed by atoms with Gasteiger partial charge in [-0.3, -0.25) is 38.4 Å². The van der Waals surface area contributed by atoms with Gasteiger partial charge in [-0.15, -0.1) is 11.8 Å². The molecule has 1 aliphatic rings. The Morgan fingerprint density at radius 2 is 1.07 bits per heavy atom. The number of amides is 9. The molecule has 0 aliphatic carbocycles. The topological polar surface area (TPSA) is 385 Å². The predicted molar refractivity (Wildman–Crippen MR) is 441 cm³/mol. The Balaban J connectivity index is 0.948. The van der Waals surface area contributed by atoms with Gasteiger partial charge in [0, 0.05) is 66.6 Å². The van der Waals surface area contributed by atoms with Crippen molar-refractivity contribution in [3.05, 3.63) is 216 Å². The summed E-state index contributed by atoms with van der Waals surface area (Å²) >= 11 is 1.83. The average molecular weight is 1630 g/mol. The third-order valence-corrected chi connectivity index (χ3v) is 22.4. The van der Waals surface area contributed by atoms with Crippen LogP contribution in [0.3, 0.4) is 0 Å². The molecule has 27 nitrogen and oxygen atoms in total. The second kappa shape index (κ2) is 47.5. The van der Waals surface area contributed by atoms with E-state index in [0.29, 0.717) is 54.0 Å². The molecule has 2 heterocycles. The first kappa shape index (κ1) is 90.2. The van der Waals surface area contributed by atoms with E-state index in [-0.39, 0.29) is 89.4 Å². The highest BCUT2D eigenvalue weighted by atomic mass is 33.1. The van der Waals surface area contributed by atoms with E-state index in [1.165, 1.54) is 30.5 Å². The van der Waals surface area contributed by atoms with Crippen LogP contribution in [0.5, 0.6) is 0 Å². The first-order valence-corrected chi connectivity index (χ1v) is 41.8. The predicted octanol–water partition coefficient (Wildman–Crippen LogP) is 6.10. The van der Waals surface area contributed by atoms with E-state index in [2.05, 4.69) is 126 Å². The number of aliphatic hydroxyl groups excluding tert-OH is 3. The van der Waals surface area contributed by atoms with Crippen molar-refractivity contribution in [2.24, 2.45) is 0 Å². The fraction of sp³-hybridized carbons (Fsp3) is 0.440.